The number of hydrazone groups is 1. The van der Waals surface area contributed by atoms with E-state index in [9.17, 15) is 9.90 Å². The highest BCUT2D eigenvalue weighted by Gasteiger charge is 2.09. The van der Waals surface area contributed by atoms with Gasteiger partial charge in [-0.25, -0.2) is 5.43 Å². The first-order valence-corrected chi connectivity index (χ1v) is 7.38. The summed E-state index contributed by atoms with van der Waals surface area (Å²) in [6, 6.07) is 18.2. The molecule has 0 heterocycles. The molecule has 24 heavy (non-hydrogen) atoms. The largest absolute Gasteiger partial charge is 0.504 e. The van der Waals surface area contributed by atoms with Gasteiger partial charge in [0.1, 0.15) is 0 Å². The number of carbonyl (C=O) groups excluding carboxylic acids is 1. The lowest BCUT2D eigenvalue weighted by Crippen LogP contribution is -2.17. The van der Waals surface area contributed by atoms with Crippen molar-refractivity contribution in [2.24, 2.45) is 5.10 Å². The summed E-state index contributed by atoms with van der Waals surface area (Å²) in [5.74, 6) is 0.00734. The number of para-hydroxylation sites is 1. The number of nitrogens with one attached hydrogen (secondary N) is 1. The van der Waals surface area contributed by atoms with Gasteiger partial charge in [0.05, 0.1) is 13.3 Å². The Morgan fingerprint density at radius 1 is 1.08 bits per heavy atom. The molecule has 3 rings (SSSR count). The third-order valence-electron chi connectivity index (χ3n) is 3.65. The van der Waals surface area contributed by atoms with E-state index < -0.39 is 0 Å². The fourth-order valence-corrected chi connectivity index (χ4v) is 2.45. The van der Waals surface area contributed by atoms with E-state index >= 15 is 0 Å². The molecule has 0 radical (unpaired) electrons. The van der Waals surface area contributed by atoms with Crippen LogP contribution < -0.4 is 10.2 Å². The molecule has 3 aromatic rings. The van der Waals surface area contributed by atoms with Crippen molar-refractivity contribution in [3.8, 4) is 11.5 Å². The fourth-order valence-electron chi connectivity index (χ4n) is 2.45. The Hall–Kier alpha value is -3.34. The third kappa shape index (κ3) is 3.05. The number of hydrogen-bond donors (Lipinski definition) is 2. The second-order valence-corrected chi connectivity index (χ2v) is 5.12. The van der Waals surface area contributed by atoms with Crippen LogP contribution in [0.25, 0.3) is 10.8 Å². The van der Waals surface area contributed by atoms with Crippen molar-refractivity contribution >= 4 is 22.9 Å². The lowest BCUT2D eigenvalue weighted by atomic mass is 10.0. The number of aromatic hydroxyl groups is 1. The lowest BCUT2D eigenvalue weighted by Gasteiger charge is -2.06. The number of hydrogen-bond acceptors (Lipinski definition) is 4. The van der Waals surface area contributed by atoms with E-state index in [0.717, 1.165) is 10.8 Å². The maximum Gasteiger partial charge on any atom is 0.271 e. The molecular weight excluding hydrogens is 304 g/mol. The maximum atomic E-state index is 12.3. The van der Waals surface area contributed by atoms with Crippen LogP contribution in [0.15, 0.2) is 65.8 Å². The molecule has 0 saturated carbocycles. The highest BCUT2D eigenvalue weighted by atomic mass is 16.5. The van der Waals surface area contributed by atoms with E-state index in [1.165, 1.54) is 13.3 Å². The number of phenolic OH excluding ortho intramolecular Hbond substituents is 1. The molecule has 0 aliphatic rings. The van der Waals surface area contributed by atoms with Gasteiger partial charge >= 0.3 is 0 Å². The van der Waals surface area contributed by atoms with Gasteiger partial charge in [-0.15, -0.1) is 0 Å². The average molecular weight is 320 g/mol. The summed E-state index contributed by atoms with van der Waals surface area (Å²) in [5.41, 5.74) is 3.48. The normalized spacial score (nSPS) is 10.9. The van der Waals surface area contributed by atoms with Crippen LogP contribution in [0, 0.1) is 0 Å². The predicted molar refractivity (Wildman–Crippen MR) is 93.7 cm³/mol. The monoisotopic (exact) mass is 320 g/mol. The minimum atomic E-state index is -0.314. The molecule has 0 fully saturated rings. The SMILES string of the molecule is COc1cccc(C=NNC(=O)c2cccc3ccccc23)c1O. The number of fused-ring (bicyclic) bond motifs is 1. The van der Waals surface area contributed by atoms with Crippen LogP contribution in [0.2, 0.25) is 0 Å². The lowest BCUT2D eigenvalue weighted by molar-refractivity contribution is 0.0957. The van der Waals surface area contributed by atoms with Crippen LogP contribution in [0.3, 0.4) is 0 Å². The van der Waals surface area contributed by atoms with Crippen molar-refractivity contribution < 1.29 is 14.6 Å². The number of carbonyl (C=O) groups is 1. The van der Waals surface area contributed by atoms with Crippen LogP contribution in [0.4, 0.5) is 0 Å². The van der Waals surface area contributed by atoms with Gasteiger partial charge in [0.15, 0.2) is 11.5 Å². The second kappa shape index (κ2) is 6.83. The topological polar surface area (TPSA) is 70.9 Å². The molecule has 0 atom stereocenters. The highest BCUT2D eigenvalue weighted by molar-refractivity contribution is 6.07. The Balaban J connectivity index is 1.80. The summed E-state index contributed by atoms with van der Waals surface area (Å²) in [6.07, 6.45) is 1.38. The number of phenols is 1. The molecule has 5 nitrogen and oxygen atoms in total. The van der Waals surface area contributed by atoms with Crippen molar-refractivity contribution in [1.82, 2.24) is 5.43 Å². The number of ether oxygens (including phenoxy) is 1. The van der Waals surface area contributed by atoms with Gasteiger partial charge in [-0.1, -0.05) is 42.5 Å². The van der Waals surface area contributed by atoms with E-state index in [0.29, 0.717) is 16.9 Å². The van der Waals surface area contributed by atoms with Crippen LogP contribution in [0.1, 0.15) is 15.9 Å². The predicted octanol–water partition coefficient (Wildman–Crippen LogP) is 3.32. The highest BCUT2D eigenvalue weighted by Crippen LogP contribution is 2.27. The van der Waals surface area contributed by atoms with E-state index in [-0.39, 0.29) is 11.7 Å². The van der Waals surface area contributed by atoms with Crippen LogP contribution in [-0.2, 0) is 0 Å². The summed E-state index contributed by atoms with van der Waals surface area (Å²) in [6.45, 7) is 0. The Morgan fingerprint density at radius 3 is 2.67 bits per heavy atom. The number of benzene rings is 3. The zero-order chi connectivity index (χ0) is 16.9. The van der Waals surface area contributed by atoms with Crippen LogP contribution >= 0.6 is 0 Å². The van der Waals surface area contributed by atoms with Gasteiger partial charge in [0.2, 0.25) is 0 Å². The van der Waals surface area contributed by atoms with Crippen molar-refractivity contribution in [2.45, 2.75) is 0 Å². The van der Waals surface area contributed by atoms with Gasteiger partial charge in [0, 0.05) is 11.1 Å². The van der Waals surface area contributed by atoms with Crippen molar-refractivity contribution in [3.05, 3.63) is 71.8 Å². The zero-order valence-corrected chi connectivity index (χ0v) is 13.1. The molecule has 1 amide bonds. The smallest absolute Gasteiger partial charge is 0.271 e. The minimum absolute atomic E-state index is 0.0249. The van der Waals surface area contributed by atoms with Crippen molar-refractivity contribution in [2.75, 3.05) is 7.11 Å². The summed E-state index contributed by atoms with van der Waals surface area (Å²) < 4.78 is 5.03. The van der Waals surface area contributed by atoms with Gasteiger partial charge < -0.3 is 9.84 Å². The maximum absolute atomic E-state index is 12.3. The number of nitrogens with zero attached hydrogens (tertiary/aromatic N) is 1. The third-order valence-corrected chi connectivity index (χ3v) is 3.65. The van der Waals surface area contributed by atoms with E-state index in [2.05, 4.69) is 10.5 Å². The molecule has 120 valence electrons. The number of amides is 1. The molecule has 0 aromatic heterocycles. The first-order chi connectivity index (χ1) is 11.7. The van der Waals surface area contributed by atoms with E-state index in [1.54, 1.807) is 24.3 Å². The quantitative estimate of drug-likeness (QED) is 0.572. The zero-order valence-electron chi connectivity index (χ0n) is 13.1. The Kier molecular flexibility index (Phi) is 4.43. The molecule has 0 unspecified atom stereocenters. The Labute approximate surface area is 139 Å². The standard InChI is InChI=1S/C19H16N2O3/c1-24-17-11-5-8-14(18(17)22)12-20-21-19(23)16-10-4-7-13-6-2-3-9-15(13)16/h2-12,22H,1H3,(H,21,23). The Bertz CT molecular complexity index is 914. The van der Waals surface area contributed by atoms with Crippen molar-refractivity contribution in [3.63, 3.8) is 0 Å². The first kappa shape index (κ1) is 15.6. The molecule has 0 aliphatic heterocycles. The Morgan fingerprint density at radius 2 is 1.83 bits per heavy atom. The average Bonchev–Trinajstić information content (AvgIpc) is 2.62. The summed E-state index contributed by atoms with van der Waals surface area (Å²) in [4.78, 5) is 12.3. The van der Waals surface area contributed by atoms with E-state index in [4.69, 9.17) is 4.74 Å². The van der Waals surface area contributed by atoms with Gasteiger partial charge in [-0.3, -0.25) is 4.79 Å². The summed E-state index contributed by atoms with van der Waals surface area (Å²) >= 11 is 0. The number of rotatable bonds is 4. The molecule has 2 N–H and O–H groups in total. The van der Waals surface area contributed by atoms with Gasteiger partial charge in [-0.2, -0.15) is 5.10 Å². The molecule has 5 heteroatoms. The van der Waals surface area contributed by atoms with Gasteiger partial charge in [-0.05, 0) is 29.0 Å². The number of methoxy groups -OCH3 is 1. The summed E-state index contributed by atoms with van der Waals surface area (Å²) in [7, 11) is 1.47. The van der Waals surface area contributed by atoms with Crippen LogP contribution in [0.5, 0.6) is 11.5 Å². The van der Waals surface area contributed by atoms with Crippen LogP contribution in [-0.4, -0.2) is 24.3 Å². The molecule has 0 bridgehead atoms. The van der Waals surface area contributed by atoms with Crippen molar-refractivity contribution in [1.29, 1.82) is 0 Å². The molecule has 0 aliphatic carbocycles. The second-order valence-electron chi connectivity index (χ2n) is 5.12. The first-order valence-electron chi connectivity index (χ1n) is 7.38. The molecule has 0 saturated heterocycles. The molecule has 0 spiro atoms. The van der Waals surface area contributed by atoms with Gasteiger partial charge in [0.25, 0.3) is 5.91 Å². The molecular formula is C19H16N2O3. The minimum Gasteiger partial charge on any atom is -0.504 e. The van der Waals surface area contributed by atoms with E-state index in [1.807, 2.05) is 36.4 Å². The molecule has 3 aromatic carbocycles. The summed E-state index contributed by atoms with van der Waals surface area (Å²) in [5, 5.41) is 15.7. The fraction of sp³-hybridized carbons (Fsp3) is 0.0526.